The molecule has 2 N–H and O–H groups in total. The van der Waals surface area contributed by atoms with Gasteiger partial charge in [-0.2, -0.15) is 0 Å². The minimum Gasteiger partial charge on any atom is -0.411 e. The third kappa shape index (κ3) is 2.70. The number of halogens is 2. The molecule has 0 spiro atoms. The summed E-state index contributed by atoms with van der Waals surface area (Å²) in [6, 6.07) is 3.52. The molecule has 0 bridgehead atoms. The molecule has 0 unspecified atom stereocenters. The number of carbonyl (C=O) groups is 1. The highest BCUT2D eigenvalue weighted by atomic mass is 35.5. The van der Waals surface area contributed by atoms with Crippen molar-refractivity contribution in [1.82, 2.24) is 0 Å². The number of carbonyl (C=O) groups excluding carboxylic acids is 1. The number of oxime groups is 1. The summed E-state index contributed by atoms with van der Waals surface area (Å²) in [6.45, 7) is 0. The summed E-state index contributed by atoms with van der Waals surface area (Å²) in [5, 5.41) is 12.9. The van der Waals surface area contributed by atoms with Crippen LogP contribution >= 0.6 is 11.6 Å². The zero-order valence-electron chi connectivity index (χ0n) is 6.87. The molecule has 0 aliphatic carbocycles. The summed E-state index contributed by atoms with van der Waals surface area (Å²) in [6.07, 6.45) is 0.666. The molecular formula is C8H6ClFN2O2. The van der Waals surface area contributed by atoms with Crippen LogP contribution in [0.15, 0.2) is 23.4 Å². The van der Waals surface area contributed by atoms with Crippen LogP contribution in [0.25, 0.3) is 0 Å². The second-order valence-corrected chi connectivity index (χ2v) is 2.77. The Morgan fingerprint density at radius 3 is 2.93 bits per heavy atom. The smallest absolute Gasteiger partial charge is 0.270 e. The fraction of sp³-hybridized carbons (Fsp3) is 0. The van der Waals surface area contributed by atoms with Crippen LogP contribution in [-0.4, -0.2) is 17.3 Å². The van der Waals surface area contributed by atoms with Crippen LogP contribution in [0.5, 0.6) is 0 Å². The van der Waals surface area contributed by atoms with Crippen molar-refractivity contribution in [2.24, 2.45) is 5.16 Å². The lowest BCUT2D eigenvalue weighted by atomic mass is 10.3. The number of nitrogens with zero attached hydrogens (tertiary/aromatic N) is 1. The highest BCUT2D eigenvalue weighted by Gasteiger charge is 2.04. The van der Waals surface area contributed by atoms with Gasteiger partial charge in [-0.05, 0) is 18.2 Å². The molecule has 4 nitrogen and oxygen atoms in total. The average Bonchev–Trinajstić information content (AvgIpc) is 2.10. The summed E-state index contributed by atoms with van der Waals surface area (Å²) >= 11 is 5.61. The Hall–Kier alpha value is -1.62. The number of amides is 1. The molecule has 1 rings (SSSR count). The Balaban J connectivity index is 2.82. The Morgan fingerprint density at radius 2 is 2.36 bits per heavy atom. The minimum atomic E-state index is -0.652. The fourth-order valence-corrected chi connectivity index (χ4v) is 1.02. The predicted octanol–water partition coefficient (Wildman–Crippen LogP) is 1.88. The third-order valence-corrected chi connectivity index (χ3v) is 1.68. The Labute approximate surface area is 84.0 Å². The van der Waals surface area contributed by atoms with Crippen LogP contribution in [0, 0.1) is 5.82 Å². The Bertz CT molecular complexity index is 382. The fourth-order valence-electron chi connectivity index (χ4n) is 0.808. The highest BCUT2D eigenvalue weighted by molar-refractivity contribution is 6.36. The molecule has 1 aromatic carbocycles. The van der Waals surface area contributed by atoms with E-state index in [0.29, 0.717) is 6.21 Å². The van der Waals surface area contributed by atoms with E-state index < -0.39 is 11.7 Å². The van der Waals surface area contributed by atoms with E-state index in [1.807, 2.05) is 0 Å². The van der Waals surface area contributed by atoms with E-state index in [9.17, 15) is 9.18 Å². The normalized spacial score (nSPS) is 10.4. The van der Waals surface area contributed by atoms with Gasteiger partial charge in [-0.25, -0.2) is 4.39 Å². The van der Waals surface area contributed by atoms with Crippen molar-refractivity contribution < 1.29 is 14.4 Å². The molecule has 0 aliphatic rings. The lowest BCUT2D eigenvalue weighted by molar-refractivity contribution is -0.110. The van der Waals surface area contributed by atoms with Crippen LogP contribution in [0.3, 0.4) is 0 Å². The maximum absolute atomic E-state index is 12.6. The van der Waals surface area contributed by atoms with E-state index in [1.165, 1.54) is 6.07 Å². The van der Waals surface area contributed by atoms with Gasteiger partial charge in [-0.1, -0.05) is 16.8 Å². The quantitative estimate of drug-likeness (QED) is 0.450. The van der Waals surface area contributed by atoms with Crippen molar-refractivity contribution in [3.63, 3.8) is 0 Å². The van der Waals surface area contributed by atoms with E-state index in [-0.39, 0.29) is 10.7 Å². The second kappa shape index (κ2) is 4.57. The van der Waals surface area contributed by atoms with Crippen molar-refractivity contribution in [3.8, 4) is 0 Å². The molecule has 6 heteroatoms. The number of hydrogen-bond acceptors (Lipinski definition) is 3. The number of benzene rings is 1. The van der Waals surface area contributed by atoms with Gasteiger partial charge in [0.15, 0.2) is 0 Å². The molecule has 74 valence electrons. The standard InChI is InChI=1S/C8H6ClFN2O2/c9-6-3-5(10)1-2-7(6)12-8(13)4-11-14/h1-4,14H,(H,12,13)/b11-4+. The molecule has 0 atom stereocenters. The summed E-state index contributed by atoms with van der Waals surface area (Å²) < 4.78 is 12.6. The van der Waals surface area contributed by atoms with Gasteiger partial charge in [-0.3, -0.25) is 4.79 Å². The van der Waals surface area contributed by atoms with E-state index in [4.69, 9.17) is 16.8 Å². The van der Waals surface area contributed by atoms with Crippen LogP contribution < -0.4 is 5.32 Å². The minimum absolute atomic E-state index is 0.0738. The Morgan fingerprint density at radius 1 is 1.64 bits per heavy atom. The SMILES string of the molecule is O=C(/C=N/O)Nc1ccc(F)cc1Cl. The number of anilines is 1. The first-order valence-corrected chi connectivity index (χ1v) is 3.94. The number of nitrogens with one attached hydrogen (secondary N) is 1. The lowest BCUT2D eigenvalue weighted by Crippen LogP contribution is -2.12. The van der Waals surface area contributed by atoms with E-state index in [1.54, 1.807) is 0 Å². The van der Waals surface area contributed by atoms with Gasteiger partial charge in [0.1, 0.15) is 12.0 Å². The molecule has 1 aromatic rings. The van der Waals surface area contributed by atoms with Crippen LogP contribution in [0.1, 0.15) is 0 Å². The first-order valence-electron chi connectivity index (χ1n) is 3.57. The van der Waals surface area contributed by atoms with E-state index in [0.717, 1.165) is 12.1 Å². The molecule has 1 amide bonds. The topological polar surface area (TPSA) is 61.7 Å². The van der Waals surface area contributed by atoms with Gasteiger partial charge in [0.25, 0.3) is 5.91 Å². The largest absolute Gasteiger partial charge is 0.411 e. The van der Waals surface area contributed by atoms with Crippen molar-refractivity contribution in [3.05, 3.63) is 29.0 Å². The average molecular weight is 217 g/mol. The van der Waals surface area contributed by atoms with E-state index in [2.05, 4.69) is 10.5 Å². The summed E-state index contributed by atoms with van der Waals surface area (Å²) in [5.74, 6) is -1.15. The predicted molar refractivity (Wildman–Crippen MR) is 50.3 cm³/mol. The molecule has 0 saturated carbocycles. The maximum Gasteiger partial charge on any atom is 0.270 e. The molecule has 0 fully saturated rings. The zero-order valence-corrected chi connectivity index (χ0v) is 7.62. The molecule has 14 heavy (non-hydrogen) atoms. The van der Waals surface area contributed by atoms with Gasteiger partial charge >= 0.3 is 0 Å². The summed E-state index contributed by atoms with van der Waals surface area (Å²) in [4.78, 5) is 10.9. The Kier molecular flexibility index (Phi) is 3.41. The van der Waals surface area contributed by atoms with Crippen molar-refractivity contribution in [2.75, 3.05) is 5.32 Å². The summed E-state index contributed by atoms with van der Waals surface area (Å²) in [7, 11) is 0. The number of rotatable bonds is 2. The van der Waals surface area contributed by atoms with Gasteiger partial charge in [0.2, 0.25) is 0 Å². The molecule has 0 aliphatic heterocycles. The summed E-state index contributed by atoms with van der Waals surface area (Å²) in [5.41, 5.74) is 0.248. The molecule has 0 heterocycles. The van der Waals surface area contributed by atoms with Crippen molar-refractivity contribution >= 4 is 29.4 Å². The van der Waals surface area contributed by atoms with Gasteiger partial charge in [0, 0.05) is 0 Å². The molecule has 0 radical (unpaired) electrons. The number of hydrogen-bond donors (Lipinski definition) is 2. The zero-order chi connectivity index (χ0) is 10.6. The lowest BCUT2D eigenvalue weighted by Gasteiger charge is -2.03. The molecule has 0 aromatic heterocycles. The highest BCUT2D eigenvalue weighted by Crippen LogP contribution is 2.21. The molecule has 0 saturated heterocycles. The van der Waals surface area contributed by atoms with Crippen LogP contribution in [-0.2, 0) is 4.79 Å². The van der Waals surface area contributed by atoms with Gasteiger partial charge < -0.3 is 10.5 Å². The maximum atomic E-state index is 12.6. The van der Waals surface area contributed by atoms with Crippen molar-refractivity contribution in [2.45, 2.75) is 0 Å². The van der Waals surface area contributed by atoms with Gasteiger partial charge in [-0.15, -0.1) is 0 Å². The molecular weight excluding hydrogens is 211 g/mol. The van der Waals surface area contributed by atoms with E-state index >= 15 is 0 Å². The van der Waals surface area contributed by atoms with Crippen LogP contribution in [0.2, 0.25) is 5.02 Å². The first-order chi connectivity index (χ1) is 6.63. The third-order valence-electron chi connectivity index (χ3n) is 1.36. The van der Waals surface area contributed by atoms with Crippen molar-refractivity contribution in [1.29, 1.82) is 0 Å². The second-order valence-electron chi connectivity index (χ2n) is 2.36. The first kappa shape index (κ1) is 10.5. The van der Waals surface area contributed by atoms with Crippen LogP contribution in [0.4, 0.5) is 10.1 Å². The monoisotopic (exact) mass is 216 g/mol. The van der Waals surface area contributed by atoms with Gasteiger partial charge in [0.05, 0.1) is 10.7 Å².